The first-order valence-corrected chi connectivity index (χ1v) is 6.65. The number of nitrogens with one attached hydrogen (secondary N) is 1. The topological polar surface area (TPSA) is 55.9 Å². The molecule has 3 heterocycles. The summed E-state index contributed by atoms with van der Waals surface area (Å²) in [6, 6.07) is 4.14. The van der Waals surface area contributed by atoms with Crippen LogP contribution in [0, 0.1) is 13.8 Å². The van der Waals surface area contributed by atoms with E-state index in [4.69, 9.17) is 4.42 Å². The van der Waals surface area contributed by atoms with Crippen LogP contribution in [0.5, 0.6) is 0 Å². The highest BCUT2D eigenvalue weighted by Crippen LogP contribution is 2.27. The van der Waals surface area contributed by atoms with E-state index in [1.807, 2.05) is 31.5 Å². The van der Waals surface area contributed by atoms with Gasteiger partial charge in [0.05, 0.1) is 17.9 Å². The van der Waals surface area contributed by atoms with E-state index < -0.39 is 0 Å². The van der Waals surface area contributed by atoms with E-state index in [1.54, 1.807) is 12.5 Å². The number of hydrogen-bond acceptors (Lipinski definition) is 4. The summed E-state index contributed by atoms with van der Waals surface area (Å²) < 4.78 is 7.57. The molecule has 0 radical (unpaired) electrons. The first-order valence-electron chi connectivity index (χ1n) is 6.65. The minimum absolute atomic E-state index is 0.118. The number of aromatic nitrogens is 3. The molecule has 0 aromatic carbocycles. The predicted molar refractivity (Wildman–Crippen MR) is 78.7 cm³/mol. The van der Waals surface area contributed by atoms with Crippen molar-refractivity contribution in [1.82, 2.24) is 14.5 Å². The molecule has 104 valence electrons. The Morgan fingerprint density at radius 3 is 2.80 bits per heavy atom. The van der Waals surface area contributed by atoms with Crippen molar-refractivity contribution in [3.8, 4) is 0 Å². The molecule has 20 heavy (non-hydrogen) atoms. The average Bonchev–Trinajstić information content (AvgIpc) is 2.94. The second kappa shape index (κ2) is 4.67. The minimum Gasteiger partial charge on any atom is -0.466 e. The molecular weight excluding hydrogens is 252 g/mol. The van der Waals surface area contributed by atoms with Gasteiger partial charge in [0.2, 0.25) is 0 Å². The van der Waals surface area contributed by atoms with Gasteiger partial charge < -0.3 is 14.3 Å². The van der Waals surface area contributed by atoms with Gasteiger partial charge in [-0.15, -0.1) is 0 Å². The lowest BCUT2D eigenvalue weighted by molar-refractivity contribution is 0.500. The van der Waals surface area contributed by atoms with Crippen LogP contribution in [0.1, 0.15) is 30.0 Å². The lowest BCUT2D eigenvalue weighted by atomic mass is 10.1. The number of fused-ring (bicyclic) bond motifs is 1. The smallest absolute Gasteiger partial charge is 0.154 e. The molecule has 0 aliphatic carbocycles. The Balaban J connectivity index is 1.95. The number of anilines is 1. The standard InChI is InChI=1S/C15H18N4O/c1-9-7-12(11(3)20-9)10(2)18-15-14-13(5-6-16-15)19(4)8-17-14/h5-8,10H,1-4H3,(H,16,18). The fraction of sp³-hybridized carbons (Fsp3) is 0.333. The highest BCUT2D eigenvalue weighted by Gasteiger charge is 2.15. The molecule has 3 aromatic heterocycles. The quantitative estimate of drug-likeness (QED) is 0.793. The molecule has 0 fully saturated rings. The zero-order valence-electron chi connectivity index (χ0n) is 12.1. The molecule has 0 aliphatic rings. The summed E-state index contributed by atoms with van der Waals surface area (Å²) in [5.74, 6) is 2.67. The molecule has 3 aromatic rings. The van der Waals surface area contributed by atoms with Crippen molar-refractivity contribution in [2.45, 2.75) is 26.8 Å². The van der Waals surface area contributed by atoms with E-state index in [0.29, 0.717) is 0 Å². The van der Waals surface area contributed by atoms with Crippen molar-refractivity contribution in [2.75, 3.05) is 5.32 Å². The van der Waals surface area contributed by atoms with Crippen molar-refractivity contribution in [3.63, 3.8) is 0 Å². The number of aryl methyl sites for hydroxylation is 3. The Bertz CT molecular complexity index is 756. The second-order valence-corrected chi connectivity index (χ2v) is 5.12. The maximum absolute atomic E-state index is 5.58. The third-order valence-corrected chi connectivity index (χ3v) is 3.54. The number of imidazole rings is 1. The molecule has 0 spiro atoms. The largest absolute Gasteiger partial charge is 0.466 e. The summed E-state index contributed by atoms with van der Waals surface area (Å²) in [6.07, 6.45) is 3.60. The Hall–Kier alpha value is -2.30. The lowest BCUT2D eigenvalue weighted by Crippen LogP contribution is -2.08. The normalized spacial score (nSPS) is 12.8. The Morgan fingerprint density at radius 1 is 1.30 bits per heavy atom. The van der Waals surface area contributed by atoms with E-state index in [-0.39, 0.29) is 6.04 Å². The summed E-state index contributed by atoms with van der Waals surface area (Å²) in [7, 11) is 1.98. The molecule has 0 bridgehead atoms. The number of furan rings is 1. The molecule has 0 saturated carbocycles. The monoisotopic (exact) mass is 270 g/mol. The van der Waals surface area contributed by atoms with Gasteiger partial charge in [-0.25, -0.2) is 9.97 Å². The highest BCUT2D eigenvalue weighted by molar-refractivity contribution is 5.85. The summed E-state index contributed by atoms with van der Waals surface area (Å²) >= 11 is 0. The first kappa shape index (κ1) is 12.7. The van der Waals surface area contributed by atoms with Gasteiger partial charge in [0.15, 0.2) is 5.82 Å². The van der Waals surface area contributed by atoms with Crippen LogP contribution in [-0.2, 0) is 7.05 Å². The van der Waals surface area contributed by atoms with Crippen LogP contribution in [0.3, 0.4) is 0 Å². The lowest BCUT2D eigenvalue weighted by Gasteiger charge is -2.14. The molecule has 1 unspecified atom stereocenters. The maximum atomic E-state index is 5.58. The van der Waals surface area contributed by atoms with Crippen molar-refractivity contribution in [1.29, 1.82) is 0 Å². The zero-order chi connectivity index (χ0) is 14.3. The summed E-state index contributed by atoms with van der Waals surface area (Å²) in [6.45, 7) is 6.04. The molecule has 3 rings (SSSR count). The molecule has 0 saturated heterocycles. The molecular formula is C15H18N4O. The second-order valence-electron chi connectivity index (χ2n) is 5.12. The molecule has 0 aliphatic heterocycles. The number of rotatable bonds is 3. The Kier molecular flexibility index (Phi) is 2.97. The average molecular weight is 270 g/mol. The van der Waals surface area contributed by atoms with Crippen LogP contribution < -0.4 is 5.32 Å². The zero-order valence-corrected chi connectivity index (χ0v) is 12.1. The van der Waals surface area contributed by atoms with Gasteiger partial charge in [-0.3, -0.25) is 0 Å². The van der Waals surface area contributed by atoms with Crippen LogP contribution in [0.4, 0.5) is 5.82 Å². The number of pyridine rings is 1. The van der Waals surface area contributed by atoms with Crippen LogP contribution in [0.2, 0.25) is 0 Å². The van der Waals surface area contributed by atoms with Gasteiger partial charge in [0.1, 0.15) is 17.0 Å². The van der Waals surface area contributed by atoms with E-state index in [2.05, 4.69) is 28.3 Å². The highest BCUT2D eigenvalue weighted by atomic mass is 16.3. The van der Waals surface area contributed by atoms with Crippen molar-refractivity contribution >= 4 is 16.9 Å². The fourth-order valence-electron chi connectivity index (χ4n) is 2.53. The molecule has 5 nitrogen and oxygen atoms in total. The van der Waals surface area contributed by atoms with Crippen LogP contribution in [0.25, 0.3) is 11.0 Å². The van der Waals surface area contributed by atoms with E-state index in [9.17, 15) is 0 Å². The van der Waals surface area contributed by atoms with Gasteiger partial charge in [0.25, 0.3) is 0 Å². The van der Waals surface area contributed by atoms with E-state index >= 15 is 0 Å². The van der Waals surface area contributed by atoms with Gasteiger partial charge in [0, 0.05) is 18.8 Å². The molecule has 5 heteroatoms. The van der Waals surface area contributed by atoms with E-state index in [0.717, 1.165) is 33.9 Å². The summed E-state index contributed by atoms with van der Waals surface area (Å²) in [5, 5.41) is 3.42. The van der Waals surface area contributed by atoms with Crippen LogP contribution >= 0.6 is 0 Å². The van der Waals surface area contributed by atoms with Gasteiger partial charge in [-0.2, -0.15) is 0 Å². The minimum atomic E-state index is 0.118. The Morgan fingerprint density at radius 2 is 2.10 bits per heavy atom. The van der Waals surface area contributed by atoms with Gasteiger partial charge in [-0.1, -0.05) is 0 Å². The molecule has 1 atom stereocenters. The maximum Gasteiger partial charge on any atom is 0.154 e. The summed E-state index contributed by atoms with van der Waals surface area (Å²) in [4.78, 5) is 8.81. The van der Waals surface area contributed by atoms with Crippen molar-refractivity contribution < 1.29 is 4.42 Å². The fourth-order valence-corrected chi connectivity index (χ4v) is 2.53. The van der Waals surface area contributed by atoms with Gasteiger partial charge in [-0.05, 0) is 32.9 Å². The first-order chi connectivity index (χ1) is 9.56. The van der Waals surface area contributed by atoms with Gasteiger partial charge >= 0.3 is 0 Å². The van der Waals surface area contributed by atoms with E-state index in [1.165, 1.54) is 0 Å². The molecule has 1 N–H and O–H groups in total. The molecule has 0 amide bonds. The van der Waals surface area contributed by atoms with Crippen LogP contribution in [0.15, 0.2) is 29.1 Å². The number of hydrogen-bond donors (Lipinski definition) is 1. The third-order valence-electron chi connectivity index (χ3n) is 3.54. The number of nitrogens with zero attached hydrogens (tertiary/aromatic N) is 3. The summed E-state index contributed by atoms with van der Waals surface area (Å²) in [5.41, 5.74) is 3.10. The predicted octanol–water partition coefficient (Wildman–Crippen LogP) is 3.35. The third kappa shape index (κ3) is 2.05. The van der Waals surface area contributed by atoms with Crippen molar-refractivity contribution in [2.24, 2.45) is 7.05 Å². The Labute approximate surface area is 117 Å². The SMILES string of the molecule is Cc1cc(C(C)Nc2nccc3c2ncn3C)c(C)o1. The van der Waals surface area contributed by atoms with Crippen molar-refractivity contribution in [3.05, 3.63) is 41.7 Å². The van der Waals surface area contributed by atoms with Crippen LogP contribution in [-0.4, -0.2) is 14.5 Å².